The first-order valence-electron chi connectivity index (χ1n) is 7.08. The van der Waals surface area contributed by atoms with E-state index in [2.05, 4.69) is 31.2 Å². The predicted octanol–water partition coefficient (Wildman–Crippen LogP) is 2.66. The molecule has 120 valence electrons. The number of amides is 1. The number of nitrogens with one attached hydrogen (secondary N) is 1. The molecule has 1 amide bonds. The Balaban J connectivity index is 1.88. The molecule has 7 heteroatoms. The van der Waals surface area contributed by atoms with Crippen LogP contribution in [0.3, 0.4) is 0 Å². The van der Waals surface area contributed by atoms with Crippen molar-refractivity contribution in [1.29, 1.82) is 0 Å². The Morgan fingerprint density at radius 3 is 2.61 bits per heavy atom. The van der Waals surface area contributed by atoms with E-state index in [1.807, 2.05) is 31.2 Å². The van der Waals surface area contributed by atoms with Crippen molar-refractivity contribution in [2.24, 2.45) is 0 Å². The van der Waals surface area contributed by atoms with Gasteiger partial charge in [0.15, 0.2) is 12.3 Å². The molecule has 1 heterocycles. The van der Waals surface area contributed by atoms with Crippen LogP contribution in [0.2, 0.25) is 0 Å². The van der Waals surface area contributed by atoms with Gasteiger partial charge in [0.05, 0.1) is 12.2 Å². The molecule has 0 saturated heterocycles. The first-order valence-corrected chi connectivity index (χ1v) is 7.87. The first-order chi connectivity index (χ1) is 11.1. The molecule has 23 heavy (non-hydrogen) atoms. The minimum Gasteiger partial charge on any atom is -0.451 e. The second-order valence-electron chi connectivity index (χ2n) is 4.75. The molecule has 6 nitrogen and oxygen atoms in total. The summed E-state index contributed by atoms with van der Waals surface area (Å²) >= 11 is 3.37. The molecule has 0 aliphatic carbocycles. The van der Waals surface area contributed by atoms with Crippen molar-refractivity contribution in [2.75, 3.05) is 6.61 Å². The van der Waals surface area contributed by atoms with Gasteiger partial charge >= 0.3 is 5.97 Å². The fourth-order valence-corrected chi connectivity index (χ4v) is 2.23. The van der Waals surface area contributed by atoms with E-state index in [1.54, 1.807) is 0 Å². The zero-order valence-corrected chi connectivity index (χ0v) is 14.1. The van der Waals surface area contributed by atoms with Gasteiger partial charge in [0.25, 0.3) is 5.91 Å². The van der Waals surface area contributed by atoms with Crippen LogP contribution in [-0.4, -0.2) is 28.5 Å². The van der Waals surface area contributed by atoms with E-state index in [9.17, 15) is 9.59 Å². The van der Waals surface area contributed by atoms with Crippen LogP contribution in [0.1, 0.15) is 35.4 Å². The molecule has 1 N–H and O–H groups in total. The van der Waals surface area contributed by atoms with Crippen LogP contribution in [-0.2, 0) is 9.53 Å². The minimum atomic E-state index is -0.676. The third kappa shape index (κ3) is 5.14. The number of benzene rings is 1. The first kappa shape index (κ1) is 17.1. The maximum atomic E-state index is 12.0. The lowest BCUT2D eigenvalue weighted by Crippen LogP contribution is -2.32. The Hall–Kier alpha value is -2.28. The number of ether oxygens (including phenoxy) is 1. The van der Waals surface area contributed by atoms with E-state index in [0.717, 1.165) is 16.5 Å². The second-order valence-corrected chi connectivity index (χ2v) is 5.66. The number of carbonyl (C=O) groups excluding carboxylic acids is 2. The SMILES string of the molecule is CC[C@@H](NC(=O)COC(=O)c1cnccn1)c1ccc(Br)cc1. The number of hydrogen-bond acceptors (Lipinski definition) is 5. The summed E-state index contributed by atoms with van der Waals surface area (Å²) in [7, 11) is 0. The summed E-state index contributed by atoms with van der Waals surface area (Å²) in [6.07, 6.45) is 4.85. The standard InChI is InChI=1S/C16H16BrN3O3/c1-2-13(11-3-5-12(17)6-4-11)20-15(21)10-23-16(22)14-9-18-7-8-19-14/h3-9,13H,2,10H2,1H3,(H,20,21)/t13-/m1/s1. The molecule has 0 aliphatic rings. The highest BCUT2D eigenvalue weighted by Crippen LogP contribution is 2.19. The maximum absolute atomic E-state index is 12.0. The van der Waals surface area contributed by atoms with Gasteiger partial charge in [-0.05, 0) is 24.1 Å². The molecule has 2 rings (SSSR count). The van der Waals surface area contributed by atoms with Crippen molar-refractivity contribution in [1.82, 2.24) is 15.3 Å². The Morgan fingerprint density at radius 2 is 2.00 bits per heavy atom. The summed E-state index contributed by atoms with van der Waals surface area (Å²) in [4.78, 5) is 31.2. The summed E-state index contributed by atoms with van der Waals surface area (Å²) in [6, 6.07) is 7.57. The lowest BCUT2D eigenvalue weighted by atomic mass is 10.0. The lowest BCUT2D eigenvalue weighted by molar-refractivity contribution is -0.125. The quantitative estimate of drug-likeness (QED) is 0.782. The van der Waals surface area contributed by atoms with E-state index >= 15 is 0 Å². The Morgan fingerprint density at radius 1 is 1.26 bits per heavy atom. The third-order valence-electron chi connectivity index (χ3n) is 3.12. The molecular formula is C16H16BrN3O3. The van der Waals surface area contributed by atoms with Gasteiger partial charge in [-0.3, -0.25) is 9.78 Å². The molecule has 0 radical (unpaired) electrons. The third-order valence-corrected chi connectivity index (χ3v) is 3.65. The van der Waals surface area contributed by atoms with E-state index in [1.165, 1.54) is 18.6 Å². The summed E-state index contributed by atoms with van der Waals surface area (Å²) in [6.45, 7) is 1.61. The number of rotatable bonds is 6. The molecule has 0 saturated carbocycles. The summed E-state index contributed by atoms with van der Waals surface area (Å²) in [5.74, 6) is -1.04. The average Bonchev–Trinajstić information content (AvgIpc) is 2.59. The zero-order chi connectivity index (χ0) is 16.7. The fourth-order valence-electron chi connectivity index (χ4n) is 1.96. The zero-order valence-electron chi connectivity index (χ0n) is 12.5. The number of nitrogens with zero attached hydrogens (tertiary/aromatic N) is 2. The number of carbonyl (C=O) groups is 2. The topological polar surface area (TPSA) is 81.2 Å². The minimum absolute atomic E-state index is 0.0697. The van der Waals surface area contributed by atoms with E-state index in [4.69, 9.17) is 4.74 Å². The van der Waals surface area contributed by atoms with Crippen LogP contribution in [0.15, 0.2) is 47.3 Å². The molecule has 0 bridgehead atoms. The average molecular weight is 378 g/mol. The summed E-state index contributed by atoms with van der Waals surface area (Å²) in [5, 5.41) is 2.84. The van der Waals surface area contributed by atoms with Crippen LogP contribution in [0.4, 0.5) is 0 Å². The van der Waals surface area contributed by atoms with Crippen LogP contribution in [0.25, 0.3) is 0 Å². The highest BCUT2D eigenvalue weighted by atomic mass is 79.9. The number of aromatic nitrogens is 2. The van der Waals surface area contributed by atoms with Gasteiger partial charge in [-0.25, -0.2) is 9.78 Å². The molecule has 1 atom stereocenters. The maximum Gasteiger partial charge on any atom is 0.359 e. The summed E-state index contributed by atoms with van der Waals surface area (Å²) < 4.78 is 5.90. The van der Waals surface area contributed by atoms with Crippen molar-refractivity contribution >= 4 is 27.8 Å². The molecule has 0 aliphatic heterocycles. The second kappa shape index (κ2) is 8.38. The molecule has 1 aromatic carbocycles. The van der Waals surface area contributed by atoms with Crippen LogP contribution >= 0.6 is 15.9 Å². The van der Waals surface area contributed by atoms with E-state index in [-0.39, 0.29) is 24.2 Å². The van der Waals surface area contributed by atoms with Crippen molar-refractivity contribution in [2.45, 2.75) is 19.4 Å². The highest BCUT2D eigenvalue weighted by molar-refractivity contribution is 9.10. The number of esters is 1. The molecule has 0 unspecified atom stereocenters. The normalized spacial score (nSPS) is 11.6. The largest absolute Gasteiger partial charge is 0.451 e. The lowest BCUT2D eigenvalue weighted by Gasteiger charge is -2.17. The summed E-state index contributed by atoms with van der Waals surface area (Å²) in [5.41, 5.74) is 1.06. The van der Waals surface area contributed by atoms with Gasteiger partial charge in [-0.1, -0.05) is 35.0 Å². The van der Waals surface area contributed by atoms with Crippen LogP contribution in [0.5, 0.6) is 0 Å². The van der Waals surface area contributed by atoms with Gasteiger partial charge in [0, 0.05) is 16.9 Å². The fraction of sp³-hybridized carbons (Fsp3) is 0.250. The van der Waals surface area contributed by atoms with Gasteiger partial charge in [0.2, 0.25) is 0 Å². The van der Waals surface area contributed by atoms with Gasteiger partial charge in [-0.2, -0.15) is 0 Å². The highest BCUT2D eigenvalue weighted by Gasteiger charge is 2.15. The number of hydrogen-bond donors (Lipinski definition) is 1. The Kier molecular flexibility index (Phi) is 6.22. The smallest absolute Gasteiger partial charge is 0.359 e. The van der Waals surface area contributed by atoms with Gasteiger partial charge < -0.3 is 10.1 Å². The monoisotopic (exact) mass is 377 g/mol. The van der Waals surface area contributed by atoms with Crippen molar-refractivity contribution in [3.63, 3.8) is 0 Å². The number of halogens is 1. The molecule has 2 aromatic rings. The van der Waals surface area contributed by atoms with E-state index < -0.39 is 5.97 Å². The predicted molar refractivity (Wildman–Crippen MR) is 87.6 cm³/mol. The van der Waals surface area contributed by atoms with Crippen LogP contribution < -0.4 is 5.32 Å². The molecule has 0 fully saturated rings. The van der Waals surface area contributed by atoms with Crippen LogP contribution in [0, 0.1) is 0 Å². The van der Waals surface area contributed by atoms with Crippen molar-refractivity contribution in [3.05, 3.63) is 58.6 Å². The van der Waals surface area contributed by atoms with Crippen molar-refractivity contribution in [3.8, 4) is 0 Å². The Labute approximate surface area is 142 Å². The van der Waals surface area contributed by atoms with Crippen molar-refractivity contribution < 1.29 is 14.3 Å². The molecule has 1 aromatic heterocycles. The molecular weight excluding hydrogens is 362 g/mol. The van der Waals surface area contributed by atoms with Gasteiger partial charge in [0.1, 0.15) is 0 Å². The molecule has 0 spiro atoms. The van der Waals surface area contributed by atoms with E-state index in [0.29, 0.717) is 0 Å². The van der Waals surface area contributed by atoms with Gasteiger partial charge in [-0.15, -0.1) is 0 Å². The Bertz CT molecular complexity index is 662.